The lowest BCUT2D eigenvalue weighted by Crippen LogP contribution is -2.39. The molecule has 0 aliphatic carbocycles. The van der Waals surface area contributed by atoms with Crippen LogP contribution >= 0.6 is 11.8 Å². The quantitative estimate of drug-likeness (QED) is 0.483. The summed E-state index contributed by atoms with van der Waals surface area (Å²) in [6.45, 7) is -0.0848. The van der Waals surface area contributed by atoms with E-state index in [0.29, 0.717) is 16.9 Å². The van der Waals surface area contributed by atoms with Crippen molar-refractivity contribution < 1.29 is 10.2 Å². The van der Waals surface area contributed by atoms with E-state index in [1.165, 1.54) is 6.33 Å². The second kappa shape index (κ2) is 6.89. The number of nitrogen functional groups attached to an aromatic ring is 1. The summed E-state index contributed by atoms with van der Waals surface area (Å²) in [4.78, 5) is 11.2. The number of aromatic nitrogens is 3. The zero-order valence-electron chi connectivity index (χ0n) is 11.2. The van der Waals surface area contributed by atoms with E-state index in [9.17, 15) is 10.2 Å². The predicted molar refractivity (Wildman–Crippen MR) is 80.5 cm³/mol. The van der Waals surface area contributed by atoms with Gasteiger partial charge in [-0.15, -0.1) is 0 Å². The van der Waals surface area contributed by atoms with Crippen LogP contribution < -0.4 is 11.1 Å². The molecule has 0 fully saturated rings. The number of H-pyrrole nitrogens is 1. The summed E-state index contributed by atoms with van der Waals surface area (Å²) >= 11 is 1.63. The fraction of sp³-hybridized carbons (Fsp3) is 0.500. The Labute approximate surface area is 121 Å². The molecule has 2 heterocycles. The van der Waals surface area contributed by atoms with Gasteiger partial charge >= 0.3 is 0 Å². The van der Waals surface area contributed by atoms with Crippen molar-refractivity contribution in [3.05, 3.63) is 18.1 Å². The van der Waals surface area contributed by atoms with Gasteiger partial charge in [0, 0.05) is 23.6 Å². The number of fused-ring (bicyclic) bond motifs is 1. The number of aromatic amines is 1. The summed E-state index contributed by atoms with van der Waals surface area (Å²) < 4.78 is 0. The van der Waals surface area contributed by atoms with E-state index in [0.717, 1.165) is 11.3 Å². The lowest BCUT2D eigenvalue weighted by molar-refractivity contribution is 0.202. The van der Waals surface area contributed by atoms with Crippen molar-refractivity contribution >= 4 is 28.6 Å². The Morgan fingerprint density at radius 1 is 1.40 bits per heavy atom. The SMILES string of the molecule is CSC[C@H](CO)N[C@H](CO)c1c[nH]c2c(N)ncnc12. The van der Waals surface area contributed by atoms with Gasteiger partial charge in [0.25, 0.3) is 0 Å². The minimum absolute atomic E-state index is 0.0107. The molecule has 0 unspecified atom stereocenters. The van der Waals surface area contributed by atoms with Crippen molar-refractivity contribution in [2.75, 3.05) is 31.0 Å². The number of hydrogen-bond donors (Lipinski definition) is 5. The maximum Gasteiger partial charge on any atom is 0.151 e. The first-order chi connectivity index (χ1) is 9.71. The number of aliphatic hydroxyl groups excluding tert-OH is 2. The Kier molecular flexibility index (Phi) is 5.18. The first kappa shape index (κ1) is 15.0. The highest BCUT2D eigenvalue weighted by molar-refractivity contribution is 7.98. The molecule has 6 N–H and O–H groups in total. The van der Waals surface area contributed by atoms with E-state index < -0.39 is 0 Å². The topological polar surface area (TPSA) is 120 Å². The van der Waals surface area contributed by atoms with Gasteiger partial charge in [0.2, 0.25) is 0 Å². The lowest BCUT2D eigenvalue weighted by Gasteiger charge is -2.22. The van der Waals surface area contributed by atoms with E-state index in [4.69, 9.17) is 5.73 Å². The molecule has 0 aliphatic rings. The van der Waals surface area contributed by atoms with Crippen molar-refractivity contribution in [3.8, 4) is 0 Å². The van der Waals surface area contributed by atoms with Crippen molar-refractivity contribution in [2.45, 2.75) is 12.1 Å². The number of thioether (sulfide) groups is 1. The molecule has 7 nitrogen and oxygen atoms in total. The summed E-state index contributed by atoms with van der Waals surface area (Å²) in [5.41, 5.74) is 7.94. The molecular formula is C12H19N5O2S. The van der Waals surface area contributed by atoms with Crippen molar-refractivity contribution in [2.24, 2.45) is 0 Å². The van der Waals surface area contributed by atoms with Gasteiger partial charge in [-0.05, 0) is 6.26 Å². The van der Waals surface area contributed by atoms with E-state index in [1.807, 2.05) is 6.26 Å². The normalized spacial score (nSPS) is 14.6. The summed E-state index contributed by atoms with van der Waals surface area (Å²) in [5, 5.41) is 22.2. The van der Waals surface area contributed by atoms with Gasteiger partial charge < -0.3 is 26.2 Å². The lowest BCUT2D eigenvalue weighted by atomic mass is 10.1. The Balaban J connectivity index is 2.27. The molecule has 0 saturated carbocycles. The van der Waals surface area contributed by atoms with Crippen LogP contribution in [0.1, 0.15) is 11.6 Å². The van der Waals surface area contributed by atoms with Crippen LogP contribution in [0, 0.1) is 0 Å². The van der Waals surface area contributed by atoms with Crippen LogP contribution in [0.4, 0.5) is 5.82 Å². The third kappa shape index (κ3) is 3.04. The van der Waals surface area contributed by atoms with Crippen LogP contribution in [0.3, 0.4) is 0 Å². The predicted octanol–water partition coefficient (Wildman–Crippen LogP) is -0.113. The standard InChI is InChI=1S/C12H19N5O2S/c1-20-5-7(3-18)17-9(4-19)8-2-14-11-10(8)15-6-16-12(11)13/h2,6-7,9,14,17-19H,3-5H2,1H3,(H2,13,15,16)/t7-,9+/m0/s1. The molecule has 0 saturated heterocycles. The molecule has 2 aromatic rings. The Morgan fingerprint density at radius 3 is 2.85 bits per heavy atom. The fourth-order valence-corrected chi connectivity index (χ4v) is 2.73. The molecule has 2 aromatic heterocycles. The van der Waals surface area contributed by atoms with Gasteiger partial charge in [0.15, 0.2) is 5.82 Å². The minimum Gasteiger partial charge on any atom is -0.395 e. The van der Waals surface area contributed by atoms with Gasteiger partial charge in [-0.3, -0.25) is 0 Å². The number of aliphatic hydroxyl groups is 2. The molecule has 20 heavy (non-hydrogen) atoms. The summed E-state index contributed by atoms with van der Waals surface area (Å²) in [6, 6.07) is -0.409. The van der Waals surface area contributed by atoms with Crippen molar-refractivity contribution in [3.63, 3.8) is 0 Å². The smallest absolute Gasteiger partial charge is 0.151 e. The Hall–Kier alpha value is -1.35. The van der Waals surface area contributed by atoms with Crippen LogP contribution in [-0.2, 0) is 0 Å². The van der Waals surface area contributed by atoms with Gasteiger partial charge in [0.1, 0.15) is 11.8 Å². The zero-order valence-corrected chi connectivity index (χ0v) is 12.0. The van der Waals surface area contributed by atoms with Gasteiger partial charge in [-0.2, -0.15) is 11.8 Å². The molecule has 0 bridgehead atoms. The highest BCUT2D eigenvalue weighted by atomic mass is 32.2. The summed E-state index contributed by atoms with van der Waals surface area (Å²) in [7, 11) is 0. The van der Waals surface area contributed by atoms with Crippen molar-refractivity contribution in [1.29, 1.82) is 0 Å². The number of nitrogens with zero attached hydrogens (tertiary/aromatic N) is 2. The van der Waals surface area contributed by atoms with E-state index >= 15 is 0 Å². The Morgan fingerprint density at radius 2 is 2.20 bits per heavy atom. The average Bonchev–Trinajstić information content (AvgIpc) is 2.89. The van der Waals surface area contributed by atoms with E-state index in [-0.39, 0.29) is 25.3 Å². The van der Waals surface area contributed by atoms with Crippen LogP contribution in [-0.4, -0.2) is 56.4 Å². The van der Waals surface area contributed by atoms with Crippen LogP contribution in [0.5, 0.6) is 0 Å². The van der Waals surface area contributed by atoms with Crippen LogP contribution in [0.25, 0.3) is 11.0 Å². The average molecular weight is 297 g/mol. The number of anilines is 1. The van der Waals surface area contributed by atoms with Gasteiger partial charge in [0.05, 0.1) is 24.8 Å². The molecule has 0 radical (unpaired) electrons. The van der Waals surface area contributed by atoms with Gasteiger partial charge in [-0.25, -0.2) is 9.97 Å². The maximum atomic E-state index is 9.60. The number of hydrogen-bond acceptors (Lipinski definition) is 7. The zero-order chi connectivity index (χ0) is 14.5. The second-order valence-electron chi connectivity index (χ2n) is 4.46. The molecule has 110 valence electrons. The van der Waals surface area contributed by atoms with Crippen LogP contribution in [0.15, 0.2) is 12.5 Å². The molecule has 0 amide bonds. The first-order valence-electron chi connectivity index (χ1n) is 6.25. The molecule has 0 spiro atoms. The largest absolute Gasteiger partial charge is 0.395 e. The molecular weight excluding hydrogens is 278 g/mol. The first-order valence-corrected chi connectivity index (χ1v) is 7.64. The Bertz CT molecular complexity index is 562. The number of nitrogens with one attached hydrogen (secondary N) is 2. The van der Waals surface area contributed by atoms with Gasteiger partial charge in [-0.1, -0.05) is 0 Å². The van der Waals surface area contributed by atoms with Crippen molar-refractivity contribution in [1.82, 2.24) is 20.3 Å². The minimum atomic E-state index is -0.317. The molecule has 0 aliphatic heterocycles. The molecule has 8 heteroatoms. The third-order valence-corrected chi connectivity index (χ3v) is 3.84. The summed E-state index contributed by atoms with van der Waals surface area (Å²) in [5.74, 6) is 1.13. The highest BCUT2D eigenvalue weighted by Gasteiger charge is 2.20. The van der Waals surface area contributed by atoms with E-state index in [1.54, 1.807) is 18.0 Å². The van der Waals surface area contributed by atoms with Crippen LogP contribution in [0.2, 0.25) is 0 Å². The number of nitrogens with two attached hydrogens (primary N) is 1. The van der Waals surface area contributed by atoms with E-state index in [2.05, 4.69) is 20.3 Å². The molecule has 0 aromatic carbocycles. The highest BCUT2D eigenvalue weighted by Crippen LogP contribution is 2.24. The number of rotatable bonds is 7. The third-order valence-electron chi connectivity index (χ3n) is 3.11. The maximum absolute atomic E-state index is 9.60. The second-order valence-corrected chi connectivity index (χ2v) is 5.37. The molecule has 2 atom stereocenters. The summed E-state index contributed by atoms with van der Waals surface area (Å²) in [6.07, 6.45) is 5.13. The molecule has 2 rings (SSSR count). The fourth-order valence-electron chi connectivity index (χ4n) is 2.12. The monoisotopic (exact) mass is 297 g/mol.